The van der Waals surface area contributed by atoms with Crippen LogP contribution in [0.3, 0.4) is 0 Å². The van der Waals surface area contributed by atoms with E-state index in [0.29, 0.717) is 25.2 Å². The van der Waals surface area contributed by atoms with E-state index < -0.39 is 5.97 Å². The summed E-state index contributed by atoms with van der Waals surface area (Å²) < 4.78 is 6.47. The fourth-order valence-electron chi connectivity index (χ4n) is 4.32. The van der Waals surface area contributed by atoms with Crippen molar-refractivity contribution in [2.75, 3.05) is 6.61 Å². The van der Waals surface area contributed by atoms with Crippen molar-refractivity contribution in [3.63, 3.8) is 0 Å². The summed E-state index contributed by atoms with van der Waals surface area (Å²) in [5, 5.41) is 21.6. The summed E-state index contributed by atoms with van der Waals surface area (Å²) >= 11 is 0. The van der Waals surface area contributed by atoms with E-state index in [1.165, 1.54) is 5.56 Å². The summed E-state index contributed by atoms with van der Waals surface area (Å²) in [5.41, 5.74) is 4.84. The molecule has 0 bridgehead atoms. The lowest BCUT2D eigenvalue weighted by Gasteiger charge is -2.21. The smallest absolute Gasteiger partial charge is 0.304 e. The number of ether oxygens (including phenoxy) is 1. The zero-order chi connectivity index (χ0) is 23.3. The number of aliphatic carboxylic acids is 1. The van der Waals surface area contributed by atoms with E-state index in [-0.39, 0.29) is 18.4 Å². The second-order valence-electron chi connectivity index (χ2n) is 8.40. The van der Waals surface area contributed by atoms with Gasteiger partial charge in [-0.15, -0.1) is 0 Å². The number of H-pyrrole nitrogens is 1. The fourth-order valence-corrected chi connectivity index (χ4v) is 4.32. The molecule has 3 aromatic carbocycles. The molecule has 1 aromatic heterocycles. The van der Waals surface area contributed by atoms with E-state index in [0.717, 1.165) is 27.7 Å². The van der Waals surface area contributed by atoms with Crippen LogP contribution in [0.25, 0.3) is 10.9 Å². The van der Waals surface area contributed by atoms with Gasteiger partial charge in [0.25, 0.3) is 0 Å². The van der Waals surface area contributed by atoms with Crippen LogP contribution in [-0.4, -0.2) is 33.6 Å². The monoisotopic (exact) mass is 455 g/mol. The maximum Gasteiger partial charge on any atom is 0.304 e. The van der Waals surface area contributed by atoms with Crippen molar-refractivity contribution in [2.45, 2.75) is 31.3 Å². The highest BCUT2D eigenvalue weighted by Gasteiger charge is 2.25. The van der Waals surface area contributed by atoms with Crippen LogP contribution in [0.1, 0.15) is 41.6 Å². The Kier molecular flexibility index (Phi) is 6.25. The zero-order valence-corrected chi connectivity index (χ0v) is 18.6. The molecule has 0 aliphatic carbocycles. The lowest BCUT2D eigenvalue weighted by molar-refractivity contribution is -0.137. The fraction of sp³-hybridized carbons (Fsp3) is 0.222. The summed E-state index contributed by atoms with van der Waals surface area (Å²) in [7, 11) is 0. The number of aromatic nitrogens is 2. The van der Waals surface area contributed by atoms with Gasteiger partial charge < -0.3 is 14.7 Å². The summed E-state index contributed by atoms with van der Waals surface area (Å²) in [4.78, 5) is 16.5. The van der Waals surface area contributed by atoms with Crippen molar-refractivity contribution >= 4 is 22.6 Å². The molecular formula is C27H25N3O4. The summed E-state index contributed by atoms with van der Waals surface area (Å²) in [6.45, 7) is 0.495. The molecule has 5 rings (SSSR count). The molecule has 1 aliphatic heterocycles. The van der Waals surface area contributed by atoms with Gasteiger partial charge in [-0.2, -0.15) is 5.10 Å². The minimum atomic E-state index is -0.864. The van der Waals surface area contributed by atoms with Crippen LogP contribution < -0.4 is 4.74 Å². The predicted molar refractivity (Wildman–Crippen MR) is 129 cm³/mol. The number of hydrogen-bond donors (Lipinski definition) is 2. The molecule has 34 heavy (non-hydrogen) atoms. The maximum absolute atomic E-state index is 11.4. The molecule has 4 aromatic rings. The Morgan fingerprint density at radius 2 is 1.85 bits per heavy atom. The molecule has 0 spiro atoms. The Labute approximate surface area is 197 Å². The summed E-state index contributed by atoms with van der Waals surface area (Å²) in [6, 6.07) is 24.1. The Balaban J connectivity index is 1.40. The molecular weight excluding hydrogens is 430 g/mol. The molecule has 7 heteroatoms. The highest BCUT2D eigenvalue weighted by Crippen LogP contribution is 2.31. The topological polar surface area (TPSA) is 96.8 Å². The van der Waals surface area contributed by atoms with Crippen LogP contribution in [-0.2, 0) is 16.1 Å². The number of carbonyl (C=O) groups is 1. The van der Waals surface area contributed by atoms with Crippen molar-refractivity contribution in [2.24, 2.45) is 5.16 Å². The lowest BCUT2D eigenvalue weighted by atomic mass is 9.89. The quantitative estimate of drug-likeness (QED) is 0.359. The van der Waals surface area contributed by atoms with E-state index in [9.17, 15) is 9.90 Å². The van der Waals surface area contributed by atoms with Gasteiger partial charge in [-0.1, -0.05) is 59.8 Å². The normalized spacial score (nSPS) is 14.9. The summed E-state index contributed by atoms with van der Waals surface area (Å²) in [5.74, 6) is -0.456. The Morgan fingerprint density at radius 3 is 2.59 bits per heavy atom. The van der Waals surface area contributed by atoms with Crippen LogP contribution in [0.4, 0.5) is 0 Å². The largest absolute Gasteiger partial charge is 0.485 e. The standard InChI is InChI=1S/C27H25N3O4/c31-27(32)16-23(24-12-13-33-30-24)19-8-10-22(11-9-19)34-26(14-18-4-2-1-3-5-18)20-6-7-21-17-28-29-25(21)15-20/h1-11,15,17,23,26H,12-14,16H2,(H,28,29)(H,31,32). The van der Waals surface area contributed by atoms with E-state index in [1.807, 2.05) is 48.5 Å². The number of oxime groups is 1. The highest BCUT2D eigenvalue weighted by molar-refractivity contribution is 5.94. The van der Waals surface area contributed by atoms with Crippen molar-refractivity contribution in [3.05, 3.63) is 95.7 Å². The summed E-state index contributed by atoms with van der Waals surface area (Å²) in [6.07, 6.45) is 2.92. The van der Waals surface area contributed by atoms with E-state index >= 15 is 0 Å². The molecule has 0 amide bonds. The molecule has 2 atom stereocenters. The van der Waals surface area contributed by atoms with E-state index in [2.05, 4.69) is 39.6 Å². The van der Waals surface area contributed by atoms with Crippen LogP contribution in [0, 0.1) is 0 Å². The van der Waals surface area contributed by atoms with E-state index in [4.69, 9.17) is 9.57 Å². The lowest BCUT2D eigenvalue weighted by Crippen LogP contribution is -2.15. The molecule has 2 unspecified atom stereocenters. The second kappa shape index (κ2) is 9.79. The Bertz CT molecular complexity index is 1300. The third-order valence-electron chi connectivity index (χ3n) is 6.07. The van der Waals surface area contributed by atoms with Crippen molar-refractivity contribution in [1.29, 1.82) is 0 Å². The average molecular weight is 456 g/mol. The van der Waals surface area contributed by atoms with Crippen molar-refractivity contribution < 1.29 is 19.5 Å². The van der Waals surface area contributed by atoms with Gasteiger partial charge in [-0.05, 0) is 34.9 Å². The van der Waals surface area contributed by atoms with Crippen LogP contribution in [0.5, 0.6) is 5.75 Å². The molecule has 0 fully saturated rings. The molecule has 0 saturated carbocycles. The number of hydrogen-bond acceptors (Lipinski definition) is 5. The number of nitrogens with one attached hydrogen (secondary N) is 1. The van der Waals surface area contributed by atoms with Crippen molar-refractivity contribution in [1.82, 2.24) is 10.2 Å². The van der Waals surface area contributed by atoms with Gasteiger partial charge in [0.2, 0.25) is 0 Å². The van der Waals surface area contributed by atoms with Gasteiger partial charge in [-0.3, -0.25) is 9.89 Å². The van der Waals surface area contributed by atoms with Crippen LogP contribution in [0.2, 0.25) is 0 Å². The zero-order valence-electron chi connectivity index (χ0n) is 18.6. The SMILES string of the molecule is O=C(O)CC(C1=NOCC1)c1ccc(OC(Cc2ccccc2)c2ccc3cn[nH]c3c2)cc1. The molecule has 7 nitrogen and oxygen atoms in total. The minimum absolute atomic E-state index is 0.0246. The molecule has 0 saturated heterocycles. The molecule has 1 aliphatic rings. The minimum Gasteiger partial charge on any atom is -0.485 e. The number of benzene rings is 3. The predicted octanol–water partition coefficient (Wildman–Crippen LogP) is 5.26. The van der Waals surface area contributed by atoms with Gasteiger partial charge in [0.1, 0.15) is 18.5 Å². The average Bonchev–Trinajstić information content (AvgIpc) is 3.55. The van der Waals surface area contributed by atoms with Gasteiger partial charge in [0.15, 0.2) is 0 Å². The Hall–Kier alpha value is -4.13. The van der Waals surface area contributed by atoms with Gasteiger partial charge >= 0.3 is 5.97 Å². The highest BCUT2D eigenvalue weighted by atomic mass is 16.6. The number of fused-ring (bicyclic) bond motifs is 1. The molecule has 172 valence electrons. The molecule has 2 N–H and O–H groups in total. The van der Waals surface area contributed by atoms with Crippen LogP contribution in [0.15, 0.2) is 84.1 Å². The number of carboxylic acid groups (broad SMARTS) is 1. The Morgan fingerprint density at radius 1 is 1.06 bits per heavy atom. The first-order valence-electron chi connectivity index (χ1n) is 11.3. The second-order valence-corrected chi connectivity index (χ2v) is 8.40. The third kappa shape index (κ3) is 4.93. The number of carboxylic acids is 1. The number of rotatable bonds is 9. The first kappa shape index (κ1) is 21.7. The molecule has 2 heterocycles. The number of aromatic amines is 1. The van der Waals surface area contributed by atoms with Gasteiger partial charge in [0, 0.05) is 24.1 Å². The third-order valence-corrected chi connectivity index (χ3v) is 6.07. The maximum atomic E-state index is 11.4. The first-order valence-corrected chi connectivity index (χ1v) is 11.3. The van der Waals surface area contributed by atoms with Crippen LogP contribution >= 0.6 is 0 Å². The number of nitrogens with zero attached hydrogens (tertiary/aromatic N) is 2. The van der Waals surface area contributed by atoms with Gasteiger partial charge in [0.05, 0.1) is 23.8 Å². The van der Waals surface area contributed by atoms with E-state index in [1.54, 1.807) is 6.20 Å². The van der Waals surface area contributed by atoms with Gasteiger partial charge in [-0.25, -0.2) is 0 Å². The molecule has 0 radical (unpaired) electrons. The van der Waals surface area contributed by atoms with Crippen molar-refractivity contribution in [3.8, 4) is 5.75 Å². The first-order chi connectivity index (χ1) is 16.7.